The van der Waals surface area contributed by atoms with Gasteiger partial charge in [-0.2, -0.15) is 0 Å². The Morgan fingerprint density at radius 2 is 1.66 bits per heavy atom. The fraction of sp³-hybridized carbons (Fsp3) is 0.136. The summed E-state index contributed by atoms with van der Waals surface area (Å²) in [6.45, 7) is 0.367. The van der Waals surface area contributed by atoms with Gasteiger partial charge in [-0.3, -0.25) is 9.59 Å². The number of pyridine rings is 1. The van der Waals surface area contributed by atoms with Gasteiger partial charge in [0, 0.05) is 18.3 Å². The Kier molecular flexibility index (Phi) is 6.52. The van der Waals surface area contributed by atoms with Gasteiger partial charge in [-0.1, -0.05) is 24.3 Å². The van der Waals surface area contributed by atoms with Crippen molar-refractivity contribution in [3.63, 3.8) is 0 Å². The van der Waals surface area contributed by atoms with E-state index in [9.17, 15) is 14.0 Å². The summed E-state index contributed by atoms with van der Waals surface area (Å²) in [5.41, 5.74) is 1.73. The Labute approximate surface area is 167 Å². The molecule has 7 heteroatoms. The summed E-state index contributed by atoms with van der Waals surface area (Å²) >= 11 is 0. The van der Waals surface area contributed by atoms with E-state index in [1.807, 2.05) is 0 Å². The molecule has 0 spiro atoms. The van der Waals surface area contributed by atoms with Crippen LogP contribution in [0.1, 0.15) is 26.5 Å². The number of anilines is 1. The molecule has 0 unspecified atom stereocenters. The summed E-state index contributed by atoms with van der Waals surface area (Å²) < 4.78 is 18.0. The van der Waals surface area contributed by atoms with E-state index in [4.69, 9.17) is 4.74 Å². The molecule has 6 nitrogen and oxygen atoms in total. The first kappa shape index (κ1) is 20.0. The molecule has 2 N–H and O–H groups in total. The van der Waals surface area contributed by atoms with Crippen LogP contribution in [0, 0.1) is 5.82 Å². The van der Waals surface area contributed by atoms with E-state index in [0.29, 0.717) is 24.4 Å². The fourth-order valence-corrected chi connectivity index (χ4v) is 2.65. The Morgan fingerprint density at radius 3 is 2.38 bits per heavy atom. The van der Waals surface area contributed by atoms with E-state index in [1.165, 1.54) is 24.3 Å². The average Bonchev–Trinajstić information content (AvgIpc) is 2.75. The van der Waals surface area contributed by atoms with Crippen molar-refractivity contribution in [1.29, 1.82) is 0 Å². The molecule has 0 saturated heterocycles. The molecule has 29 heavy (non-hydrogen) atoms. The van der Waals surface area contributed by atoms with Crippen LogP contribution in [0.3, 0.4) is 0 Å². The summed E-state index contributed by atoms with van der Waals surface area (Å²) in [7, 11) is 1.54. The first-order valence-electron chi connectivity index (χ1n) is 9.00. The number of carbonyl (C=O) groups excluding carboxylic acids is 2. The van der Waals surface area contributed by atoms with Gasteiger partial charge >= 0.3 is 0 Å². The average molecular weight is 393 g/mol. The van der Waals surface area contributed by atoms with Crippen molar-refractivity contribution < 1.29 is 18.7 Å². The van der Waals surface area contributed by atoms with Gasteiger partial charge < -0.3 is 15.4 Å². The molecule has 0 atom stereocenters. The number of rotatable bonds is 7. The number of ether oxygens (including phenoxy) is 1. The van der Waals surface area contributed by atoms with Crippen LogP contribution in [0.5, 0.6) is 5.75 Å². The molecule has 1 heterocycles. The maximum absolute atomic E-state index is 12.9. The van der Waals surface area contributed by atoms with Gasteiger partial charge in [0.1, 0.15) is 23.0 Å². The van der Waals surface area contributed by atoms with Gasteiger partial charge in [-0.25, -0.2) is 9.37 Å². The van der Waals surface area contributed by atoms with Gasteiger partial charge in [0.2, 0.25) is 0 Å². The smallest absolute Gasteiger partial charge is 0.274 e. The first-order chi connectivity index (χ1) is 14.0. The molecule has 2 aromatic carbocycles. The number of halogens is 1. The van der Waals surface area contributed by atoms with E-state index in [1.54, 1.807) is 49.6 Å². The van der Waals surface area contributed by atoms with Crippen LogP contribution < -0.4 is 15.4 Å². The summed E-state index contributed by atoms with van der Waals surface area (Å²) in [4.78, 5) is 28.9. The minimum absolute atomic E-state index is 0.124. The highest BCUT2D eigenvalue weighted by molar-refractivity contribution is 6.03. The van der Waals surface area contributed by atoms with Crippen molar-refractivity contribution in [2.75, 3.05) is 19.0 Å². The topological polar surface area (TPSA) is 80.3 Å². The largest absolute Gasteiger partial charge is 0.497 e. The van der Waals surface area contributed by atoms with Crippen molar-refractivity contribution in [2.24, 2.45) is 0 Å². The number of hydrogen-bond donors (Lipinski definition) is 2. The zero-order chi connectivity index (χ0) is 20.6. The lowest BCUT2D eigenvalue weighted by Gasteiger charge is -2.08. The molecule has 0 fully saturated rings. The van der Waals surface area contributed by atoms with Gasteiger partial charge in [0.15, 0.2) is 0 Å². The Bertz CT molecular complexity index is 1010. The minimum atomic E-state index is -0.431. The SMILES string of the molecule is COc1cccc(NC(=O)c2cccc(C(=O)NCCc3ccc(F)cc3)n2)c1. The van der Waals surface area contributed by atoms with Crippen LogP contribution in [-0.4, -0.2) is 30.5 Å². The fourth-order valence-electron chi connectivity index (χ4n) is 2.65. The molecule has 0 aliphatic carbocycles. The Hall–Kier alpha value is -3.74. The number of methoxy groups -OCH3 is 1. The predicted octanol–water partition coefficient (Wildman–Crippen LogP) is 3.45. The van der Waals surface area contributed by atoms with Crippen molar-refractivity contribution in [3.05, 3.63) is 89.5 Å². The number of aromatic nitrogens is 1. The molecule has 0 bridgehead atoms. The zero-order valence-electron chi connectivity index (χ0n) is 15.8. The van der Waals surface area contributed by atoms with Crippen molar-refractivity contribution in [1.82, 2.24) is 10.3 Å². The van der Waals surface area contributed by atoms with Crippen LogP contribution in [0.4, 0.5) is 10.1 Å². The minimum Gasteiger partial charge on any atom is -0.497 e. The number of benzene rings is 2. The molecular weight excluding hydrogens is 373 g/mol. The van der Waals surface area contributed by atoms with E-state index < -0.39 is 5.91 Å². The summed E-state index contributed by atoms with van der Waals surface area (Å²) in [6, 6.07) is 17.7. The monoisotopic (exact) mass is 393 g/mol. The second kappa shape index (κ2) is 9.45. The van der Waals surface area contributed by atoms with E-state index in [0.717, 1.165) is 5.56 Å². The zero-order valence-corrected chi connectivity index (χ0v) is 15.8. The van der Waals surface area contributed by atoms with Gasteiger partial charge in [0.05, 0.1) is 7.11 Å². The number of nitrogens with zero attached hydrogens (tertiary/aromatic N) is 1. The van der Waals surface area contributed by atoms with Crippen LogP contribution in [-0.2, 0) is 6.42 Å². The molecule has 2 amide bonds. The van der Waals surface area contributed by atoms with E-state index in [-0.39, 0.29) is 23.1 Å². The molecule has 148 valence electrons. The lowest BCUT2D eigenvalue weighted by molar-refractivity contribution is 0.0949. The third-order valence-electron chi connectivity index (χ3n) is 4.15. The van der Waals surface area contributed by atoms with Crippen LogP contribution in [0.2, 0.25) is 0 Å². The van der Waals surface area contributed by atoms with Crippen LogP contribution in [0.25, 0.3) is 0 Å². The first-order valence-corrected chi connectivity index (χ1v) is 9.00. The standard InChI is InChI=1S/C22H20FN3O3/c1-29-18-5-2-4-17(14-18)25-22(28)20-7-3-6-19(26-20)21(27)24-13-12-15-8-10-16(23)11-9-15/h2-11,14H,12-13H2,1H3,(H,24,27)(H,25,28). The van der Waals surface area contributed by atoms with Crippen LogP contribution >= 0.6 is 0 Å². The lowest BCUT2D eigenvalue weighted by Crippen LogP contribution is -2.27. The van der Waals surface area contributed by atoms with Gasteiger partial charge in [-0.15, -0.1) is 0 Å². The third-order valence-corrected chi connectivity index (χ3v) is 4.15. The number of amides is 2. The van der Waals surface area contributed by atoms with E-state index in [2.05, 4.69) is 15.6 Å². The molecule has 3 aromatic rings. The Morgan fingerprint density at radius 1 is 0.966 bits per heavy atom. The highest BCUT2D eigenvalue weighted by atomic mass is 19.1. The molecular formula is C22H20FN3O3. The van der Waals surface area contributed by atoms with Crippen molar-refractivity contribution in [3.8, 4) is 5.75 Å². The molecule has 0 aliphatic heterocycles. The van der Waals surface area contributed by atoms with Crippen molar-refractivity contribution >= 4 is 17.5 Å². The second-order valence-corrected chi connectivity index (χ2v) is 6.23. The summed E-state index contributed by atoms with van der Waals surface area (Å²) in [5.74, 6) is -0.501. The molecule has 0 aliphatic rings. The van der Waals surface area contributed by atoms with Gasteiger partial charge in [0.25, 0.3) is 11.8 Å². The normalized spacial score (nSPS) is 10.3. The number of carbonyl (C=O) groups is 2. The van der Waals surface area contributed by atoms with Crippen molar-refractivity contribution in [2.45, 2.75) is 6.42 Å². The second-order valence-electron chi connectivity index (χ2n) is 6.23. The lowest BCUT2D eigenvalue weighted by atomic mass is 10.1. The number of hydrogen-bond acceptors (Lipinski definition) is 4. The highest BCUT2D eigenvalue weighted by Gasteiger charge is 2.13. The Balaban J connectivity index is 1.59. The summed E-state index contributed by atoms with van der Waals surface area (Å²) in [5, 5.41) is 5.47. The quantitative estimate of drug-likeness (QED) is 0.644. The summed E-state index contributed by atoms with van der Waals surface area (Å²) in [6.07, 6.45) is 0.558. The molecule has 0 radical (unpaired) electrons. The van der Waals surface area contributed by atoms with E-state index >= 15 is 0 Å². The predicted molar refractivity (Wildman–Crippen MR) is 108 cm³/mol. The molecule has 1 aromatic heterocycles. The molecule has 0 saturated carbocycles. The molecule has 3 rings (SSSR count). The highest BCUT2D eigenvalue weighted by Crippen LogP contribution is 2.17. The maximum Gasteiger partial charge on any atom is 0.274 e. The van der Waals surface area contributed by atoms with Crippen LogP contribution in [0.15, 0.2) is 66.7 Å². The number of nitrogens with one attached hydrogen (secondary N) is 2. The maximum atomic E-state index is 12.9. The third kappa shape index (κ3) is 5.62. The van der Waals surface area contributed by atoms with Gasteiger partial charge in [-0.05, 0) is 48.4 Å².